The molecule has 0 saturated carbocycles. The van der Waals surface area contributed by atoms with Crippen LogP contribution in [0.15, 0.2) is 34.8 Å². The highest BCUT2D eigenvalue weighted by molar-refractivity contribution is 14.1. The first-order valence-corrected chi connectivity index (χ1v) is 7.95. The number of anilines is 1. The molecule has 0 atom stereocenters. The molecule has 0 bridgehead atoms. The predicted octanol–water partition coefficient (Wildman–Crippen LogP) is 5.32. The lowest BCUT2D eigenvalue weighted by Crippen LogP contribution is -2.13. The molecule has 0 aromatic heterocycles. The summed E-state index contributed by atoms with van der Waals surface area (Å²) in [6.45, 7) is 0. The number of hydrogen-bond donors (Lipinski definition) is 2. The quantitative estimate of drug-likeness (QED) is 0.446. The Morgan fingerprint density at radius 2 is 1.80 bits per heavy atom. The number of halogens is 4. The Hall–Kier alpha value is -0.500. The molecule has 3 nitrogen and oxygen atoms in total. The fraction of sp³-hybridized carbons (Fsp3) is 0. The van der Waals surface area contributed by atoms with E-state index in [1.54, 1.807) is 6.07 Å². The minimum absolute atomic E-state index is 0.0803. The van der Waals surface area contributed by atoms with E-state index in [0.29, 0.717) is 11.3 Å². The molecule has 20 heavy (non-hydrogen) atoms. The molecule has 7 heteroatoms. The lowest BCUT2D eigenvalue weighted by atomic mass is 10.2. The first-order valence-electron chi connectivity index (χ1n) is 5.33. The number of nitrogens with one attached hydrogen (secondary N) is 1. The van der Waals surface area contributed by atoms with E-state index in [4.69, 9.17) is 23.2 Å². The molecule has 2 aromatic carbocycles. The number of carbonyl (C=O) groups is 1. The van der Waals surface area contributed by atoms with Crippen LogP contribution >= 0.6 is 61.7 Å². The average molecular weight is 487 g/mol. The Morgan fingerprint density at radius 3 is 2.40 bits per heavy atom. The number of phenols is 1. The van der Waals surface area contributed by atoms with Crippen molar-refractivity contribution in [3.8, 4) is 5.75 Å². The van der Waals surface area contributed by atoms with Gasteiger partial charge >= 0.3 is 0 Å². The van der Waals surface area contributed by atoms with Crippen molar-refractivity contribution in [2.24, 2.45) is 0 Å². The Balaban J connectivity index is 2.30. The summed E-state index contributed by atoms with van der Waals surface area (Å²) in [5, 5.41) is 12.3. The zero-order valence-corrected chi connectivity index (χ0v) is 15.0. The van der Waals surface area contributed by atoms with E-state index in [0.717, 1.165) is 8.04 Å². The van der Waals surface area contributed by atoms with E-state index in [1.165, 1.54) is 12.1 Å². The molecule has 2 rings (SSSR count). The molecule has 1 amide bonds. The van der Waals surface area contributed by atoms with Crippen LogP contribution in [0.5, 0.6) is 5.75 Å². The van der Waals surface area contributed by atoms with Crippen molar-refractivity contribution in [3.63, 3.8) is 0 Å². The van der Waals surface area contributed by atoms with Gasteiger partial charge in [-0.3, -0.25) is 4.79 Å². The lowest BCUT2D eigenvalue weighted by Gasteiger charge is -2.09. The normalized spacial score (nSPS) is 10.4. The van der Waals surface area contributed by atoms with Crippen molar-refractivity contribution in [3.05, 3.63) is 54.0 Å². The highest BCUT2D eigenvalue weighted by Gasteiger charge is 2.13. The summed E-state index contributed by atoms with van der Waals surface area (Å²) < 4.78 is 1.63. The third-order valence-electron chi connectivity index (χ3n) is 2.45. The van der Waals surface area contributed by atoms with Crippen LogP contribution in [0.1, 0.15) is 10.4 Å². The SMILES string of the molecule is O=C(Nc1cc(Cl)c(O)c(Cl)c1)c1cc(Br)ccc1I. The highest BCUT2D eigenvalue weighted by atomic mass is 127. The van der Waals surface area contributed by atoms with Gasteiger partial charge in [-0.15, -0.1) is 0 Å². The van der Waals surface area contributed by atoms with Crippen LogP contribution in [0, 0.1) is 3.57 Å². The van der Waals surface area contributed by atoms with E-state index in [-0.39, 0.29) is 21.7 Å². The zero-order chi connectivity index (χ0) is 14.9. The van der Waals surface area contributed by atoms with Crippen LogP contribution in [0.25, 0.3) is 0 Å². The van der Waals surface area contributed by atoms with E-state index in [2.05, 4.69) is 43.8 Å². The highest BCUT2D eigenvalue weighted by Crippen LogP contribution is 2.34. The van der Waals surface area contributed by atoms with Gasteiger partial charge in [0.05, 0.1) is 15.6 Å². The van der Waals surface area contributed by atoms with Gasteiger partial charge in [0, 0.05) is 13.7 Å². The van der Waals surface area contributed by atoms with Crippen LogP contribution < -0.4 is 5.32 Å². The van der Waals surface area contributed by atoms with Crippen molar-refractivity contribution < 1.29 is 9.90 Å². The number of rotatable bonds is 2. The maximum absolute atomic E-state index is 12.2. The Labute approximate surface area is 147 Å². The van der Waals surface area contributed by atoms with Crippen LogP contribution in [0.2, 0.25) is 10.0 Å². The van der Waals surface area contributed by atoms with Gasteiger partial charge in [0.25, 0.3) is 5.91 Å². The zero-order valence-electron chi connectivity index (χ0n) is 9.75. The second-order valence-electron chi connectivity index (χ2n) is 3.87. The first-order chi connectivity index (χ1) is 9.38. The maximum atomic E-state index is 12.2. The van der Waals surface area contributed by atoms with Crippen molar-refractivity contribution in [2.45, 2.75) is 0 Å². The fourth-order valence-electron chi connectivity index (χ4n) is 1.51. The largest absolute Gasteiger partial charge is 0.505 e. The minimum atomic E-state index is -0.284. The van der Waals surface area contributed by atoms with Gasteiger partial charge in [-0.05, 0) is 52.9 Å². The Kier molecular flexibility index (Phi) is 5.17. The lowest BCUT2D eigenvalue weighted by molar-refractivity contribution is 0.102. The summed E-state index contributed by atoms with van der Waals surface area (Å²) >= 11 is 17.0. The van der Waals surface area contributed by atoms with Gasteiger partial charge in [-0.1, -0.05) is 39.1 Å². The summed E-state index contributed by atoms with van der Waals surface area (Å²) in [5.41, 5.74) is 0.943. The average Bonchev–Trinajstić information content (AvgIpc) is 2.38. The molecular formula is C13H7BrCl2INO2. The summed E-state index contributed by atoms with van der Waals surface area (Å²) in [4.78, 5) is 12.2. The topological polar surface area (TPSA) is 49.3 Å². The third-order valence-corrected chi connectivity index (χ3v) is 4.46. The standard InChI is InChI=1S/C13H7BrCl2INO2/c14-6-1-2-11(17)8(3-6)13(20)18-7-4-9(15)12(19)10(16)5-7/h1-5,19H,(H,18,20). The summed E-state index contributed by atoms with van der Waals surface area (Å²) in [6, 6.07) is 8.28. The Bertz CT molecular complexity index is 671. The van der Waals surface area contributed by atoms with Crippen molar-refractivity contribution in [1.29, 1.82) is 0 Å². The second-order valence-corrected chi connectivity index (χ2v) is 6.76. The van der Waals surface area contributed by atoms with Gasteiger partial charge in [0.15, 0.2) is 5.75 Å². The molecule has 0 fully saturated rings. The third kappa shape index (κ3) is 3.58. The molecule has 0 heterocycles. The number of aromatic hydroxyl groups is 1. The van der Waals surface area contributed by atoms with Gasteiger partial charge in [0.1, 0.15) is 0 Å². The van der Waals surface area contributed by atoms with Gasteiger partial charge in [-0.25, -0.2) is 0 Å². The van der Waals surface area contributed by atoms with E-state index < -0.39 is 0 Å². The summed E-state index contributed by atoms with van der Waals surface area (Å²) in [7, 11) is 0. The Morgan fingerprint density at radius 1 is 1.20 bits per heavy atom. The van der Waals surface area contributed by atoms with E-state index in [9.17, 15) is 9.90 Å². The molecule has 2 N–H and O–H groups in total. The smallest absolute Gasteiger partial charge is 0.256 e. The number of carbonyl (C=O) groups excluding carboxylic acids is 1. The van der Waals surface area contributed by atoms with Crippen molar-refractivity contribution in [2.75, 3.05) is 5.32 Å². The van der Waals surface area contributed by atoms with E-state index in [1.807, 2.05) is 12.1 Å². The van der Waals surface area contributed by atoms with Crippen molar-refractivity contribution in [1.82, 2.24) is 0 Å². The fourth-order valence-corrected chi connectivity index (χ4v) is 2.94. The molecule has 0 aliphatic carbocycles. The van der Waals surface area contributed by atoms with Gasteiger partial charge in [-0.2, -0.15) is 0 Å². The minimum Gasteiger partial charge on any atom is -0.505 e. The molecule has 2 aromatic rings. The number of phenolic OH excluding ortho intramolecular Hbond substituents is 1. The number of hydrogen-bond acceptors (Lipinski definition) is 2. The molecule has 0 radical (unpaired) electrons. The predicted molar refractivity (Wildman–Crippen MR) is 92.9 cm³/mol. The molecule has 0 saturated heterocycles. The summed E-state index contributed by atoms with van der Waals surface area (Å²) in [6.07, 6.45) is 0. The van der Waals surface area contributed by atoms with Crippen molar-refractivity contribution >= 4 is 73.3 Å². The molecule has 104 valence electrons. The molecule has 0 spiro atoms. The maximum Gasteiger partial charge on any atom is 0.256 e. The molecule has 0 aliphatic rings. The molecule has 0 aliphatic heterocycles. The van der Waals surface area contributed by atoms with Crippen LogP contribution in [-0.4, -0.2) is 11.0 Å². The van der Waals surface area contributed by atoms with Gasteiger partial charge < -0.3 is 10.4 Å². The van der Waals surface area contributed by atoms with E-state index >= 15 is 0 Å². The second kappa shape index (κ2) is 6.51. The van der Waals surface area contributed by atoms with Gasteiger partial charge in [0.2, 0.25) is 0 Å². The first kappa shape index (κ1) is 15.9. The van der Waals surface area contributed by atoms with Crippen LogP contribution in [-0.2, 0) is 0 Å². The van der Waals surface area contributed by atoms with Crippen LogP contribution in [0.3, 0.4) is 0 Å². The molecular weight excluding hydrogens is 480 g/mol. The summed E-state index contributed by atoms with van der Waals surface area (Å²) in [5.74, 6) is -0.489. The number of benzene rings is 2. The molecule has 0 unspecified atom stereocenters. The van der Waals surface area contributed by atoms with Crippen LogP contribution in [0.4, 0.5) is 5.69 Å². The monoisotopic (exact) mass is 485 g/mol. The number of amides is 1.